The summed E-state index contributed by atoms with van der Waals surface area (Å²) in [4.78, 5) is 12.6. The molecule has 32 heavy (non-hydrogen) atoms. The van der Waals surface area contributed by atoms with Crippen LogP contribution in [0.25, 0.3) is 11.8 Å². The average molecular weight is 478 g/mol. The highest BCUT2D eigenvalue weighted by molar-refractivity contribution is 7.91. The smallest absolute Gasteiger partial charge is 0.249 e. The number of halogens is 2. The molecule has 0 saturated carbocycles. The standard InChI is InChI=1S/C21H21ClFN5O3S/c1-13-11-19(27(25-13)17-9-10-32(30,31)12-17)24-20(29)8-7-18-14(2)26-28(21(18)22)16-5-3-15(23)4-6-16/h3-8,11,17H,9-10,12H2,1-2H3,(H,24,29)/b8-7+. The van der Waals surface area contributed by atoms with Crippen molar-refractivity contribution in [3.8, 4) is 5.69 Å². The fourth-order valence-corrected chi connectivity index (χ4v) is 5.66. The Hall–Kier alpha value is -2.98. The summed E-state index contributed by atoms with van der Waals surface area (Å²) in [6.45, 7) is 3.53. The molecule has 8 nitrogen and oxygen atoms in total. The Labute approximate surface area is 189 Å². The average Bonchev–Trinajstić information content (AvgIpc) is 3.36. The van der Waals surface area contributed by atoms with Gasteiger partial charge in [0.1, 0.15) is 16.8 Å². The molecule has 1 fully saturated rings. The summed E-state index contributed by atoms with van der Waals surface area (Å²) < 4.78 is 39.9. The van der Waals surface area contributed by atoms with E-state index in [2.05, 4.69) is 15.5 Å². The summed E-state index contributed by atoms with van der Waals surface area (Å²) in [5, 5.41) is 11.8. The first kappa shape index (κ1) is 22.2. The predicted octanol–water partition coefficient (Wildman–Crippen LogP) is 3.49. The summed E-state index contributed by atoms with van der Waals surface area (Å²) in [5.74, 6) is -0.236. The van der Waals surface area contributed by atoms with Crippen LogP contribution >= 0.6 is 11.6 Å². The molecule has 1 atom stereocenters. The molecule has 1 aromatic carbocycles. The zero-order valence-electron chi connectivity index (χ0n) is 17.4. The third-order valence-electron chi connectivity index (χ3n) is 5.18. The van der Waals surface area contributed by atoms with Gasteiger partial charge in [-0.1, -0.05) is 11.6 Å². The first-order chi connectivity index (χ1) is 15.1. The first-order valence-electron chi connectivity index (χ1n) is 9.89. The van der Waals surface area contributed by atoms with Gasteiger partial charge in [-0.05, 0) is 50.6 Å². The van der Waals surface area contributed by atoms with E-state index in [-0.39, 0.29) is 28.5 Å². The molecule has 1 N–H and O–H groups in total. The van der Waals surface area contributed by atoms with Crippen molar-refractivity contribution in [2.75, 3.05) is 16.8 Å². The van der Waals surface area contributed by atoms with Crippen LogP contribution in [-0.4, -0.2) is 45.4 Å². The number of rotatable bonds is 5. The number of carbonyl (C=O) groups is 1. The van der Waals surface area contributed by atoms with Crippen molar-refractivity contribution in [3.05, 3.63) is 64.3 Å². The van der Waals surface area contributed by atoms with Gasteiger partial charge in [0.15, 0.2) is 9.84 Å². The number of hydrogen-bond acceptors (Lipinski definition) is 5. The molecule has 1 unspecified atom stereocenters. The van der Waals surface area contributed by atoms with Crippen molar-refractivity contribution in [3.63, 3.8) is 0 Å². The zero-order chi connectivity index (χ0) is 23.0. The lowest BCUT2D eigenvalue weighted by Gasteiger charge is -2.13. The molecule has 0 aliphatic carbocycles. The largest absolute Gasteiger partial charge is 0.307 e. The van der Waals surface area contributed by atoms with E-state index in [1.165, 1.54) is 22.9 Å². The Kier molecular flexibility index (Phi) is 5.91. The minimum Gasteiger partial charge on any atom is -0.307 e. The van der Waals surface area contributed by atoms with Crippen molar-refractivity contribution >= 4 is 39.2 Å². The lowest BCUT2D eigenvalue weighted by molar-refractivity contribution is -0.111. The number of carbonyl (C=O) groups excluding carboxylic acids is 1. The molecule has 0 bridgehead atoms. The molecule has 0 spiro atoms. The van der Waals surface area contributed by atoms with Crippen LogP contribution in [-0.2, 0) is 14.6 Å². The molecule has 1 saturated heterocycles. The van der Waals surface area contributed by atoms with Crippen LogP contribution in [0.2, 0.25) is 5.15 Å². The Morgan fingerprint density at radius 3 is 2.62 bits per heavy atom. The molecule has 4 rings (SSSR count). The number of aromatic nitrogens is 4. The third kappa shape index (κ3) is 4.61. The fourth-order valence-electron chi connectivity index (χ4n) is 3.64. The van der Waals surface area contributed by atoms with Crippen LogP contribution in [0.5, 0.6) is 0 Å². The van der Waals surface area contributed by atoms with Crippen molar-refractivity contribution in [2.24, 2.45) is 0 Å². The number of anilines is 1. The second-order valence-corrected chi connectivity index (χ2v) is 10.3. The summed E-state index contributed by atoms with van der Waals surface area (Å²) in [7, 11) is -3.09. The molecular weight excluding hydrogens is 457 g/mol. The highest BCUT2D eigenvalue weighted by Gasteiger charge is 2.31. The van der Waals surface area contributed by atoms with Crippen LogP contribution in [0.3, 0.4) is 0 Å². The van der Waals surface area contributed by atoms with Gasteiger partial charge in [0, 0.05) is 17.7 Å². The van der Waals surface area contributed by atoms with E-state index in [4.69, 9.17) is 11.6 Å². The summed E-state index contributed by atoms with van der Waals surface area (Å²) in [6, 6.07) is 7.13. The maximum atomic E-state index is 13.2. The van der Waals surface area contributed by atoms with E-state index >= 15 is 0 Å². The quantitative estimate of drug-likeness (QED) is 0.567. The second kappa shape index (κ2) is 8.51. The summed E-state index contributed by atoms with van der Waals surface area (Å²) in [5.41, 5.74) is 2.42. The number of hydrogen-bond donors (Lipinski definition) is 1. The van der Waals surface area contributed by atoms with Gasteiger partial charge in [0.25, 0.3) is 0 Å². The monoisotopic (exact) mass is 477 g/mol. The number of aryl methyl sites for hydroxylation is 2. The van der Waals surface area contributed by atoms with Crippen molar-refractivity contribution in [1.29, 1.82) is 0 Å². The summed E-state index contributed by atoms with van der Waals surface area (Å²) >= 11 is 6.44. The van der Waals surface area contributed by atoms with Gasteiger partial charge in [-0.15, -0.1) is 0 Å². The number of benzene rings is 1. The Bertz CT molecular complexity index is 1310. The molecule has 1 aliphatic heterocycles. The highest BCUT2D eigenvalue weighted by atomic mass is 35.5. The highest BCUT2D eigenvalue weighted by Crippen LogP contribution is 2.28. The van der Waals surface area contributed by atoms with Crippen LogP contribution in [0, 0.1) is 19.7 Å². The minimum absolute atomic E-state index is 0.00417. The van der Waals surface area contributed by atoms with Gasteiger partial charge < -0.3 is 5.32 Å². The van der Waals surface area contributed by atoms with Crippen molar-refractivity contribution in [2.45, 2.75) is 26.3 Å². The molecule has 1 aliphatic rings. The Morgan fingerprint density at radius 2 is 1.97 bits per heavy atom. The molecule has 11 heteroatoms. The van der Waals surface area contributed by atoms with Crippen LogP contribution in [0.15, 0.2) is 36.4 Å². The lowest BCUT2D eigenvalue weighted by atomic mass is 10.2. The van der Waals surface area contributed by atoms with Crippen molar-refractivity contribution < 1.29 is 17.6 Å². The number of nitrogens with zero attached hydrogens (tertiary/aromatic N) is 4. The van der Waals surface area contributed by atoms with E-state index in [9.17, 15) is 17.6 Å². The van der Waals surface area contributed by atoms with Gasteiger partial charge in [-0.25, -0.2) is 22.2 Å². The zero-order valence-corrected chi connectivity index (χ0v) is 19.0. The van der Waals surface area contributed by atoms with E-state index in [0.29, 0.717) is 34.9 Å². The van der Waals surface area contributed by atoms with E-state index in [1.807, 2.05) is 0 Å². The van der Waals surface area contributed by atoms with Gasteiger partial charge in [0.05, 0.1) is 34.6 Å². The maximum Gasteiger partial charge on any atom is 0.249 e. The fraction of sp³-hybridized carbons (Fsp3) is 0.286. The molecule has 0 radical (unpaired) electrons. The maximum absolute atomic E-state index is 13.2. The molecular formula is C21H21ClFN5O3S. The normalized spacial score (nSPS) is 17.8. The number of sulfone groups is 1. The Morgan fingerprint density at radius 1 is 1.25 bits per heavy atom. The summed E-state index contributed by atoms with van der Waals surface area (Å²) in [6.07, 6.45) is 3.33. The van der Waals surface area contributed by atoms with E-state index in [1.54, 1.807) is 42.8 Å². The van der Waals surface area contributed by atoms with Crippen LogP contribution in [0.1, 0.15) is 29.4 Å². The molecule has 2 aromatic heterocycles. The molecule has 1 amide bonds. The van der Waals surface area contributed by atoms with Gasteiger partial charge in [-0.2, -0.15) is 10.2 Å². The lowest BCUT2D eigenvalue weighted by Crippen LogP contribution is -2.18. The van der Waals surface area contributed by atoms with Gasteiger partial charge >= 0.3 is 0 Å². The van der Waals surface area contributed by atoms with Gasteiger partial charge in [-0.3, -0.25) is 4.79 Å². The minimum atomic E-state index is -3.09. The second-order valence-electron chi connectivity index (χ2n) is 7.67. The Balaban J connectivity index is 1.52. The topological polar surface area (TPSA) is 98.9 Å². The van der Waals surface area contributed by atoms with Crippen molar-refractivity contribution in [1.82, 2.24) is 19.6 Å². The molecule has 168 valence electrons. The van der Waals surface area contributed by atoms with E-state index in [0.717, 1.165) is 0 Å². The van der Waals surface area contributed by atoms with Gasteiger partial charge in [0.2, 0.25) is 5.91 Å². The van der Waals surface area contributed by atoms with Crippen LogP contribution in [0.4, 0.5) is 10.2 Å². The molecule has 3 heterocycles. The van der Waals surface area contributed by atoms with E-state index < -0.39 is 15.7 Å². The first-order valence-corrected chi connectivity index (χ1v) is 12.1. The third-order valence-corrected chi connectivity index (χ3v) is 7.30. The number of nitrogens with one attached hydrogen (secondary N) is 1. The predicted molar refractivity (Wildman–Crippen MR) is 120 cm³/mol. The van der Waals surface area contributed by atoms with Crippen LogP contribution < -0.4 is 5.32 Å². The molecule has 3 aromatic rings. The number of amides is 1. The SMILES string of the molecule is Cc1cc(NC(=O)/C=C/c2c(C)nn(-c3ccc(F)cc3)c2Cl)n(C2CCS(=O)(=O)C2)n1.